The maximum Gasteiger partial charge on any atom is 0.227 e. The van der Waals surface area contributed by atoms with Crippen LogP contribution in [0.15, 0.2) is 4.52 Å². The summed E-state index contributed by atoms with van der Waals surface area (Å²) >= 11 is 0. The molecule has 5 saturated carbocycles. The number of hydrogen-bond acceptors (Lipinski definition) is 4. The third kappa shape index (κ3) is 2.23. The van der Waals surface area contributed by atoms with Gasteiger partial charge in [0.2, 0.25) is 5.89 Å². The van der Waals surface area contributed by atoms with Gasteiger partial charge in [0, 0.05) is 24.4 Å². The van der Waals surface area contributed by atoms with Crippen molar-refractivity contribution >= 4 is 0 Å². The first-order valence-corrected chi connectivity index (χ1v) is 8.85. The average Bonchev–Trinajstić information content (AvgIpc) is 3.12. The Labute approximate surface area is 126 Å². The summed E-state index contributed by atoms with van der Waals surface area (Å²) in [4.78, 5) is 4.80. The minimum absolute atomic E-state index is 0.278. The van der Waals surface area contributed by atoms with Crippen LogP contribution in [0.3, 0.4) is 0 Å². The van der Waals surface area contributed by atoms with E-state index in [1.165, 1.54) is 51.4 Å². The van der Waals surface area contributed by atoms with Crippen LogP contribution in [0.1, 0.15) is 63.1 Å². The van der Waals surface area contributed by atoms with Crippen LogP contribution >= 0.6 is 0 Å². The number of rotatable bonds is 5. The van der Waals surface area contributed by atoms with Crippen molar-refractivity contribution in [2.75, 3.05) is 6.54 Å². The molecule has 0 aliphatic heterocycles. The van der Waals surface area contributed by atoms with Crippen LogP contribution in [-0.2, 0) is 11.8 Å². The smallest absolute Gasteiger partial charge is 0.227 e. The molecule has 0 atom stereocenters. The van der Waals surface area contributed by atoms with Crippen LogP contribution in [0.25, 0.3) is 0 Å². The van der Waals surface area contributed by atoms with E-state index >= 15 is 0 Å². The van der Waals surface area contributed by atoms with Crippen molar-refractivity contribution in [3.8, 4) is 0 Å². The Morgan fingerprint density at radius 3 is 2.33 bits per heavy atom. The molecule has 4 bridgehead atoms. The van der Waals surface area contributed by atoms with E-state index in [2.05, 4.69) is 10.5 Å². The largest absolute Gasteiger partial charge is 0.339 e. The van der Waals surface area contributed by atoms with E-state index in [-0.39, 0.29) is 5.41 Å². The summed E-state index contributed by atoms with van der Waals surface area (Å²) in [6, 6.07) is 0.760. The Hall–Kier alpha value is -0.900. The van der Waals surface area contributed by atoms with Gasteiger partial charge in [0.05, 0.1) is 0 Å². The third-order valence-electron chi connectivity index (χ3n) is 6.33. The molecule has 4 heteroatoms. The van der Waals surface area contributed by atoms with Crippen molar-refractivity contribution in [2.45, 2.75) is 69.2 Å². The van der Waals surface area contributed by atoms with Gasteiger partial charge in [-0.3, -0.25) is 0 Å². The molecular weight excluding hydrogens is 262 g/mol. The molecule has 0 saturated heterocycles. The zero-order valence-corrected chi connectivity index (χ0v) is 12.7. The molecule has 4 nitrogen and oxygen atoms in total. The maximum absolute atomic E-state index is 5.56. The van der Waals surface area contributed by atoms with E-state index in [0.717, 1.165) is 48.5 Å². The molecule has 0 unspecified atom stereocenters. The highest BCUT2D eigenvalue weighted by molar-refractivity contribution is 5.16. The van der Waals surface area contributed by atoms with Gasteiger partial charge in [-0.05, 0) is 69.1 Å². The molecule has 1 N–H and O–H groups in total. The summed E-state index contributed by atoms with van der Waals surface area (Å²) in [5.41, 5.74) is 0.278. The first-order chi connectivity index (χ1) is 10.3. The second-order valence-corrected chi connectivity index (χ2v) is 8.19. The molecule has 21 heavy (non-hydrogen) atoms. The summed E-state index contributed by atoms with van der Waals surface area (Å²) in [6.45, 7) is 0.979. The van der Waals surface area contributed by atoms with Gasteiger partial charge in [0.25, 0.3) is 0 Å². The van der Waals surface area contributed by atoms with Crippen LogP contribution in [0.2, 0.25) is 0 Å². The van der Waals surface area contributed by atoms with Gasteiger partial charge in [-0.1, -0.05) is 5.16 Å². The van der Waals surface area contributed by atoms with E-state index in [1.54, 1.807) is 0 Å². The molecule has 5 aliphatic carbocycles. The van der Waals surface area contributed by atoms with Crippen LogP contribution < -0.4 is 5.32 Å². The summed E-state index contributed by atoms with van der Waals surface area (Å²) in [5, 5.41) is 7.93. The maximum atomic E-state index is 5.56. The minimum atomic E-state index is 0.278. The lowest BCUT2D eigenvalue weighted by molar-refractivity contribution is -0.0103. The normalized spacial score (nSPS) is 40.9. The van der Waals surface area contributed by atoms with Crippen molar-refractivity contribution in [1.82, 2.24) is 15.5 Å². The van der Waals surface area contributed by atoms with Gasteiger partial charge in [0.15, 0.2) is 5.82 Å². The van der Waals surface area contributed by atoms with Crippen molar-refractivity contribution < 1.29 is 4.52 Å². The zero-order valence-electron chi connectivity index (χ0n) is 12.7. The van der Waals surface area contributed by atoms with Crippen LogP contribution in [-0.4, -0.2) is 22.7 Å². The molecule has 5 aliphatic rings. The Kier molecular flexibility index (Phi) is 2.73. The second kappa shape index (κ2) is 4.55. The first-order valence-electron chi connectivity index (χ1n) is 8.85. The number of nitrogens with zero attached hydrogens (tertiary/aromatic N) is 2. The fourth-order valence-corrected chi connectivity index (χ4v) is 5.63. The SMILES string of the molecule is C(Cc1nc(C23CC4CC(CC(C4)C2)C3)no1)NC1CC1. The lowest BCUT2D eigenvalue weighted by Crippen LogP contribution is -2.49. The van der Waals surface area contributed by atoms with Gasteiger partial charge >= 0.3 is 0 Å². The first kappa shape index (κ1) is 12.6. The molecule has 0 radical (unpaired) electrons. The Balaban J connectivity index is 1.31. The molecule has 1 heterocycles. The summed E-state index contributed by atoms with van der Waals surface area (Å²) < 4.78 is 5.56. The fraction of sp³-hybridized carbons (Fsp3) is 0.882. The van der Waals surface area contributed by atoms with E-state index in [1.807, 2.05) is 0 Å². The lowest BCUT2D eigenvalue weighted by Gasteiger charge is -2.55. The van der Waals surface area contributed by atoms with Gasteiger partial charge in [-0.2, -0.15) is 4.98 Å². The van der Waals surface area contributed by atoms with Gasteiger partial charge in [-0.15, -0.1) is 0 Å². The average molecular weight is 287 g/mol. The van der Waals surface area contributed by atoms with Crippen LogP contribution in [0.5, 0.6) is 0 Å². The number of aromatic nitrogens is 2. The second-order valence-electron chi connectivity index (χ2n) is 8.19. The summed E-state index contributed by atoms with van der Waals surface area (Å²) in [5.74, 6) is 4.70. The minimum Gasteiger partial charge on any atom is -0.339 e. The van der Waals surface area contributed by atoms with Gasteiger partial charge in [-0.25, -0.2) is 0 Å². The lowest BCUT2D eigenvalue weighted by atomic mass is 9.49. The molecule has 6 rings (SSSR count). The molecule has 5 fully saturated rings. The molecular formula is C17H25N3O. The van der Waals surface area contributed by atoms with E-state index in [0.29, 0.717) is 0 Å². The van der Waals surface area contributed by atoms with Crippen molar-refractivity contribution in [2.24, 2.45) is 17.8 Å². The van der Waals surface area contributed by atoms with E-state index < -0.39 is 0 Å². The molecule has 0 amide bonds. The highest BCUT2D eigenvalue weighted by Gasteiger charge is 2.53. The monoisotopic (exact) mass is 287 g/mol. The highest BCUT2D eigenvalue weighted by atomic mass is 16.5. The number of nitrogens with one attached hydrogen (secondary N) is 1. The summed E-state index contributed by atoms with van der Waals surface area (Å²) in [6.07, 6.45) is 11.9. The Morgan fingerprint density at radius 1 is 1.05 bits per heavy atom. The van der Waals surface area contributed by atoms with Crippen LogP contribution in [0.4, 0.5) is 0 Å². The highest BCUT2D eigenvalue weighted by Crippen LogP contribution is 2.60. The third-order valence-corrected chi connectivity index (χ3v) is 6.33. The molecule has 1 aromatic rings. The van der Waals surface area contributed by atoms with Crippen molar-refractivity contribution in [3.05, 3.63) is 11.7 Å². The fourth-order valence-electron chi connectivity index (χ4n) is 5.63. The predicted octanol–water partition coefficient (Wildman–Crippen LogP) is 2.83. The Morgan fingerprint density at radius 2 is 1.71 bits per heavy atom. The summed E-state index contributed by atoms with van der Waals surface area (Å²) in [7, 11) is 0. The van der Waals surface area contributed by atoms with Gasteiger partial charge < -0.3 is 9.84 Å². The predicted molar refractivity (Wildman–Crippen MR) is 78.9 cm³/mol. The topological polar surface area (TPSA) is 51.0 Å². The number of hydrogen-bond donors (Lipinski definition) is 1. The quantitative estimate of drug-likeness (QED) is 0.904. The molecule has 114 valence electrons. The standard InChI is InChI=1S/C17H25N3O/c1-2-14(1)18-4-3-15-19-16(20-21-15)17-8-11-5-12(9-17)7-13(6-11)10-17/h11-14,18H,1-10H2. The Bertz CT molecular complexity index is 499. The van der Waals surface area contributed by atoms with Crippen molar-refractivity contribution in [3.63, 3.8) is 0 Å². The molecule has 0 aromatic carbocycles. The van der Waals surface area contributed by atoms with E-state index in [9.17, 15) is 0 Å². The molecule has 1 aromatic heterocycles. The van der Waals surface area contributed by atoms with Crippen LogP contribution in [0, 0.1) is 17.8 Å². The van der Waals surface area contributed by atoms with Crippen molar-refractivity contribution in [1.29, 1.82) is 0 Å². The van der Waals surface area contributed by atoms with Gasteiger partial charge in [0.1, 0.15) is 0 Å². The zero-order chi connectivity index (χ0) is 13.9. The van der Waals surface area contributed by atoms with E-state index in [4.69, 9.17) is 9.51 Å². The molecule has 0 spiro atoms.